The Morgan fingerprint density at radius 1 is 0.800 bits per heavy atom. The van der Waals surface area contributed by atoms with E-state index in [9.17, 15) is 0 Å². The Balaban J connectivity index is 4.66. The Bertz CT molecular complexity index is 315. The van der Waals surface area contributed by atoms with Crippen molar-refractivity contribution in [2.45, 2.75) is 39.0 Å². The van der Waals surface area contributed by atoms with Crippen LogP contribution in [0.3, 0.4) is 0 Å². The van der Waals surface area contributed by atoms with Crippen LogP contribution in [0.25, 0.3) is 0 Å². The predicted octanol–water partition coefficient (Wildman–Crippen LogP) is 0.809. The molecule has 25 heavy (non-hydrogen) atoms. The van der Waals surface area contributed by atoms with E-state index in [4.69, 9.17) is 24.4 Å². The molecule has 6 N–H and O–H groups in total. The predicted molar refractivity (Wildman–Crippen MR) is 110 cm³/mol. The minimum Gasteiger partial charge on any atom is -0.415 e. The van der Waals surface area contributed by atoms with Crippen LogP contribution in [0.4, 0.5) is 0 Å². The Labute approximate surface area is 157 Å². The van der Waals surface area contributed by atoms with Gasteiger partial charge < -0.3 is 35.1 Å². The molecule has 0 spiro atoms. The molecule has 0 aliphatic heterocycles. The van der Waals surface area contributed by atoms with Gasteiger partial charge in [-0.1, -0.05) is 13.8 Å². The van der Waals surface area contributed by atoms with Crippen LogP contribution in [-0.2, 0) is 13.0 Å². The molecule has 152 valence electrons. The molecule has 4 unspecified atom stereocenters. The molecule has 0 radical (unpaired) electrons. The van der Waals surface area contributed by atoms with Gasteiger partial charge in [0.05, 0.1) is 0 Å². The average Bonchev–Trinajstić information content (AvgIpc) is 2.55. The van der Waals surface area contributed by atoms with Crippen LogP contribution < -0.4 is 22.1 Å². The van der Waals surface area contributed by atoms with Crippen LogP contribution in [0.15, 0.2) is 0 Å². The molecular formula is C16H42N4O3Si2. The van der Waals surface area contributed by atoms with Gasteiger partial charge in [0.1, 0.15) is 0 Å². The van der Waals surface area contributed by atoms with Crippen LogP contribution in [-0.4, -0.2) is 70.6 Å². The van der Waals surface area contributed by atoms with Crippen molar-refractivity contribution in [2.24, 2.45) is 23.3 Å². The Kier molecular flexibility index (Phi) is 13.4. The Morgan fingerprint density at radius 3 is 1.44 bits per heavy atom. The van der Waals surface area contributed by atoms with Crippen LogP contribution >= 0.6 is 0 Å². The molecule has 0 aromatic carbocycles. The van der Waals surface area contributed by atoms with Gasteiger partial charge in [0, 0.05) is 40.4 Å². The summed E-state index contributed by atoms with van der Waals surface area (Å²) in [7, 11) is -1.03. The van der Waals surface area contributed by atoms with E-state index in [0.717, 1.165) is 38.3 Å². The van der Waals surface area contributed by atoms with Gasteiger partial charge in [-0.25, -0.2) is 0 Å². The third-order valence-corrected chi connectivity index (χ3v) is 12.4. The highest BCUT2D eigenvalue weighted by Gasteiger charge is 2.43. The second-order valence-electron chi connectivity index (χ2n) is 7.38. The number of hydrogen-bond donors (Lipinski definition) is 4. The number of nitrogens with two attached hydrogens (primary N) is 2. The molecule has 0 aliphatic rings. The van der Waals surface area contributed by atoms with Crippen molar-refractivity contribution in [3.63, 3.8) is 0 Å². The molecule has 0 bridgehead atoms. The smallest absolute Gasteiger partial charge is 0.326 e. The standard InChI is InChI=1S/C16H42N4O3Si2/c1-15(11-19-9-7-17)13-24(5,21-3)23-25(6,22-4)14-16(2)12-20-10-8-18/h15-16,19-20H,7-14,17-18H2,1-6H3. The van der Waals surface area contributed by atoms with Crippen LogP contribution in [0.1, 0.15) is 13.8 Å². The van der Waals surface area contributed by atoms with Gasteiger partial charge in [0.2, 0.25) is 0 Å². The highest BCUT2D eigenvalue weighted by atomic mass is 28.5. The molecule has 9 heteroatoms. The number of hydrogen-bond acceptors (Lipinski definition) is 7. The summed E-state index contributed by atoms with van der Waals surface area (Å²) in [5, 5.41) is 6.73. The van der Waals surface area contributed by atoms with Crippen molar-refractivity contribution in [3.05, 3.63) is 0 Å². The lowest BCUT2D eigenvalue weighted by molar-refractivity contribution is 0.231. The summed E-state index contributed by atoms with van der Waals surface area (Å²) < 4.78 is 18.4. The van der Waals surface area contributed by atoms with Crippen molar-refractivity contribution >= 4 is 17.1 Å². The van der Waals surface area contributed by atoms with Crippen molar-refractivity contribution in [1.82, 2.24) is 10.6 Å². The van der Waals surface area contributed by atoms with E-state index in [2.05, 4.69) is 37.6 Å². The SMILES string of the molecule is CO[Si](C)(CC(C)CNCCN)O[Si](C)(CC(C)CNCCN)OC. The minimum atomic E-state index is -2.28. The second kappa shape index (κ2) is 13.3. The molecule has 0 aromatic rings. The molecular weight excluding hydrogens is 352 g/mol. The van der Waals surface area contributed by atoms with Crippen molar-refractivity contribution in [3.8, 4) is 0 Å². The minimum absolute atomic E-state index is 0.474. The zero-order valence-electron chi connectivity index (χ0n) is 17.2. The van der Waals surface area contributed by atoms with Gasteiger partial charge in [0.15, 0.2) is 0 Å². The molecule has 0 heterocycles. The Morgan fingerprint density at radius 2 is 1.16 bits per heavy atom. The van der Waals surface area contributed by atoms with Gasteiger partial charge in [-0.05, 0) is 50.1 Å². The van der Waals surface area contributed by atoms with E-state index in [1.807, 2.05) is 0 Å². The maximum atomic E-state index is 6.61. The fraction of sp³-hybridized carbons (Fsp3) is 1.00. The fourth-order valence-corrected chi connectivity index (χ4v) is 11.2. The summed E-state index contributed by atoms with van der Waals surface area (Å²) in [4.78, 5) is 0. The molecule has 4 atom stereocenters. The average molecular weight is 395 g/mol. The first kappa shape index (κ1) is 25.2. The number of rotatable bonds is 16. The highest BCUT2D eigenvalue weighted by Crippen LogP contribution is 2.28. The van der Waals surface area contributed by atoms with E-state index in [-0.39, 0.29) is 0 Å². The van der Waals surface area contributed by atoms with E-state index in [1.54, 1.807) is 14.2 Å². The first-order valence-electron chi connectivity index (χ1n) is 9.36. The summed E-state index contributed by atoms with van der Waals surface area (Å²) >= 11 is 0. The lowest BCUT2D eigenvalue weighted by Crippen LogP contribution is -2.53. The third-order valence-electron chi connectivity index (χ3n) is 4.36. The fourth-order valence-electron chi connectivity index (χ4n) is 3.10. The first-order valence-corrected chi connectivity index (χ1v) is 14.4. The Hall–Kier alpha value is 0.154. The monoisotopic (exact) mass is 394 g/mol. The van der Waals surface area contributed by atoms with Gasteiger partial charge in [-0.2, -0.15) is 0 Å². The summed E-state index contributed by atoms with van der Waals surface area (Å²) in [5.74, 6) is 0.948. The molecule has 0 aliphatic carbocycles. The summed E-state index contributed by atoms with van der Waals surface area (Å²) in [6, 6.07) is 1.87. The van der Waals surface area contributed by atoms with E-state index in [1.165, 1.54) is 0 Å². The van der Waals surface area contributed by atoms with Crippen molar-refractivity contribution < 1.29 is 13.0 Å². The van der Waals surface area contributed by atoms with Gasteiger partial charge >= 0.3 is 17.1 Å². The molecule has 0 aromatic heterocycles. The molecule has 0 rings (SSSR count). The van der Waals surface area contributed by atoms with E-state index < -0.39 is 17.1 Å². The van der Waals surface area contributed by atoms with Crippen LogP contribution in [0.2, 0.25) is 25.2 Å². The van der Waals surface area contributed by atoms with E-state index in [0.29, 0.717) is 24.9 Å². The maximum Gasteiger partial charge on any atom is 0.326 e. The zero-order valence-corrected chi connectivity index (χ0v) is 19.2. The molecule has 7 nitrogen and oxygen atoms in total. The van der Waals surface area contributed by atoms with Crippen molar-refractivity contribution in [1.29, 1.82) is 0 Å². The third kappa shape index (κ3) is 11.5. The number of nitrogens with one attached hydrogen (secondary N) is 2. The zero-order chi connectivity index (χ0) is 19.3. The van der Waals surface area contributed by atoms with Gasteiger partial charge in [-0.3, -0.25) is 0 Å². The van der Waals surface area contributed by atoms with E-state index >= 15 is 0 Å². The van der Waals surface area contributed by atoms with Gasteiger partial charge in [0.25, 0.3) is 0 Å². The summed E-state index contributed by atoms with van der Waals surface area (Å²) in [6.45, 7) is 13.6. The van der Waals surface area contributed by atoms with Crippen LogP contribution in [0, 0.1) is 11.8 Å². The first-order chi connectivity index (χ1) is 11.7. The molecule has 0 amide bonds. The normalized spacial score (nSPS) is 19.2. The topological polar surface area (TPSA) is 104 Å². The maximum absolute atomic E-state index is 6.61. The summed E-state index contributed by atoms with van der Waals surface area (Å²) in [5.41, 5.74) is 11.1. The van der Waals surface area contributed by atoms with Crippen molar-refractivity contribution in [2.75, 3.05) is 53.5 Å². The lowest BCUT2D eigenvalue weighted by atomic mass is 10.2. The highest BCUT2D eigenvalue weighted by molar-refractivity contribution is 6.80. The second-order valence-corrected chi connectivity index (χ2v) is 14.4. The molecule has 0 fully saturated rings. The molecule has 0 saturated carbocycles. The quantitative estimate of drug-likeness (QED) is 0.227. The lowest BCUT2D eigenvalue weighted by Gasteiger charge is -2.37. The summed E-state index contributed by atoms with van der Waals surface area (Å²) in [6.07, 6.45) is 0. The van der Waals surface area contributed by atoms with Gasteiger partial charge in [-0.15, -0.1) is 0 Å². The van der Waals surface area contributed by atoms with Crippen LogP contribution in [0.5, 0.6) is 0 Å². The molecule has 0 saturated heterocycles. The largest absolute Gasteiger partial charge is 0.415 e.